The third kappa shape index (κ3) is 4.61. The van der Waals surface area contributed by atoms with Crippen LogP contribution in [-0.2, 0) is 20.7 Å². The molecule has 2 aromatic rings. The zero-order valence-corrected chi connectivity index (χ0v) is 12.0. The lowest BCUT2D eigenvalue weighted by Crippen LogP contribution is -2.28. The maximum absolute atomic E-state index is 11.8. The molecule has 5 nitrogen and oxygen atoms in total. The van der Waals surface area contributed by atoms with Crippen molar-refractivity contribution in [1.82, 2.24) is 5.32 Å². The van der Waals surface area contributed by atoms with E-state index in [1.165, 1.54) is 12.1 Å². The van der Waals surface area contributed by atoms with E-state index in [-0.39, 0.29) is 4.90 Å². The fourth-order valence-corrected chi connectivity index (χ4v) is 2.56. The van der Waals surface area contributed by atoms with Gasteiger partial charge in [-0.05, 0) is 24.1 Å². The SMILES string of the molecule is O=C(NCCc1ccccc1)OS(=O)(=O)c1ccccc1. The van der Waals surface area contributed by atoms with Crippen molar-refractivity contribution in [3.63, 3.8) is 0 Å². The molecule has 1 N–H and O–H groups in total. The van der Waals surface area contributed by atoms with Crippen LogP contribution < -0.4 is 5.32 Å². The third-order valence-electron chi connectivity index (χ3n) is 2.74. The van der Waals surface area contributed by atoms with Gasteiger partial charge in [0.05, 0.1) is 0 Å². The Morgan fingerprint density at radius 1 is 0.952 bits per heavy atom. The first-order chi connectivity index (χ1) is 10.1. The van der Waals surface area contributed by atoms with E-state index in [0.29, 0.717) is 13.0 Å². The Morgan fingerprint density at radius 2 is 1.52 bits per heavy atom. The lowest BCUT2D eigenvalue weighted by molar-refractivity contribution is 0.202. The van der Waals surface area contributed by atoms with Gasteiger partial charge in [-0.3, -0.25) is 0 Å². The van der Waals surface area contributed by atoms with Crippen LogP contribution in [-0.4, -0.2) is 21.1 Å². The summed E-state index contributed by atoms with van der Waals surface area (Å²) in [5.41, 5.74) is 1.05. The van der Waals surface area contributed by atoms with Crippen LogP contribution in [0, 0.1) is 0 Å². The molecule has 0 aliphatic heterocycles. The Morgan fingerprint density at radius 3 is 2.14 bits per heavy atom. The fraction of sp³-hybridized carbons (Fsp3) is 0.133. The third-order valence-corrected chi connectivity index (χ3v) is 3.96. The summed E-state index contributed by atoms with van der Waals surface area (Å²) >= 11 is 0. The smallest absolute Gasteiger partial charge is 0.324 e. The zero-order chi connectivity index (χ0) is 15.1. The van der Waals surface area contributed by atoms with Crippen molar-refractivity contribution < 1.29 is 17.4 Å². The highest BCUT2D eigenvalue weighted by Gasteiger charge is 2.19. The van der Waals surface area contributed by atoms with E-state index in [4.69, 9.17) is 0 Å². The minimum atomic E-state index is -4.07. The molecule has 110 valence electrons. The molecule has 0 spiro atoms. The lowest BCUT2D eigenvalue weighted by atomic mass is 10.1. The van der Waals surface area contributed by atoms with E-state index >= 15 is 0 Å². The number of carbonyl (C=O) groups is 1. The van der Waals surface area contributed by atoms with Crippen LogP contribution in [0.25, 0.3) is 0 Å². The average molecular weight is 305 g/mol. The Bertz CT molecular complexity index is 684. The van der Waals surface area contributed by atoms with E-state index in [1.807, 2.05) is 30.3 Å². The minimum absolute atomic E-state index is 0.0526. The van der Waals surface area contributed by atoms with Crippen molar-refractivity contribution in [2.45, 2.75) is 11.3 Å². The monoisotopic (exact) mass is 305 g/mol. The molecule has 0 aliphatic rings. The fourth-order valence-electron chi connectivity index (χ4n) is 1.72. The molecule has 0 heterocycles. The van der Waals surface area contributed by atoms with Gasteiger partial charge >= 0.3 is 16.2 Å². The van der Waals surface area contributed by atoms with Crippen molar-refractivity contribution in [3.05, 3.63) is 66.2 Å². The first-order valence-electron chi connectivity index (χ1n) is 6.39. The summed E-state index contributed by atoms with van der Waals surface area (Å²) in [6.07, 6.45) is -0.379. The highest BCUT2D eigenvalue weighted by atomic mass is 32.2. The van der Waals surface area contributed by atoms with Gasteiger partial charge in [0.1, 0.15) is 4.90 Å². The topological polar surface area (TPSA) is 72.5 Å². The van der Waals surface area contributed by atoms with Gasteiger partial charge in [0.25, 0.3) is 0 Å². The van der Waals surface area contributed by atoms with Crippen LogP contribution in [0.1, 0.15) is 5.56 Å². The quantitative estimate of drug-likeness (QED) is 0.861. The zero-order valence-electron chi connectivity index (χ0n) is 11.2. The van der Waals surface area contributed by atoms with Gasteiger partial charge in [0.2, 0.25) is 0 Å². The van der Waals surface area contributed by atoms with Gasteiger partial charge < -0.3 is 9.50 Å². The van der Waals surface area contributed by atoms with Gasteiger partial charge in [-0.15, -0.1) is 0 Å². The first kappa shape index (κ1) is 15.1. The molecule has 0 unspecified atom stereocenters. The van der Waals surface area contributed by atoms with Crippen LogP contribution in [0.5, 0.6) is 0 Å². The van der Waals surface area contributed by atoms with Gasteiger partial charge in [-0.2, -0.15) is 8.42 Å². The summed E-state index contributed by atoms with van der Waals surface area (Å²) in [6, 6.07) is 17.1. The number of carbonyl (C=O) groups excluding carboxylic acids is 1. The van der Waals surface area contributed by atoms with Crippen LogP contribution >= 0.6 is 0 Å². The van der Waals surface area contributed by atoms with Crippen LogP contribution in [0.4, 0.5) is 4.79 Å². The normalized spacial score (nSPS) is 10.9. The molecular weight excluding hydrogens is 290 g/mol. The van der Waals surface area contributed by atoms with Crippen molar-refractivity contribution in [3.8, 4) is 0 Å². The highest BCUT2D eigenvalue weighted by Crippen LogP contribution is 2.11. The van der Waals surface area contributed by atoms with E-state index in [9.17, 15) is 13.2 Å². The van der Waals surface area contributed by atoms with E-state index in [0.717, 1.165) is 5.56 Å². The van der Waals surface area contributed by atoms with Crippen molar-refractivity contribution >= 4 is 16.2 Å². The second-order valence-electron chi connectivity index (χ2n) is 4.30. The summed E-state index contributed by atoms with van der Waals surface area (Å²) in [4.78, 5) is 11.5. The maximum Gasteiger partial charge on any atom is 0.423 e. The molecule has 6 heteroatoms. The Balaban J connectivity index is 1.85. The molecule has 21 heavy (non-hydrogen) atoms. The Kier molecular flexibility index (Phi) is 4.94. The summed E-state index contributed by atoms with van der Waals surface area (Å²) < 4.78 is 28.1. The summed E-state index contributed by atoms with van der Waals surface area (Å²) in [6.45, 7) is 0.299. The number of rotatable bonds is 5. The number of nitrogens with one attached hydrogen (secondary N) is 1. The predicted octanol–water partition coefficient (Wildman–Crippen LogP) is 2.34. The average Bonchev–Trinajstić information content (AvgIpc) is 2.49. The molecule has 0 atom stereocenters. The van der Waals surface area contributed by atoms with Gasteiger partial charge in [0.15, 0.2) is 0 Å². The molecule has 1 amide bonds. The predicted molar refractivity (Wildman–Crippen MR) is 78.3 cm³/mol. The Labute approximate surface area is 123 Å². The maximum atomic E-state index is 11.8. The molecule has 0 aromatic heterocycles. The van der Waals surface area contributed by atoms with Crippen LogP contribution in [0.2, 0.25) is 0 Å². The molecule has 0 fully saturated rings. The van der Waals surface area contributed by atoms with Gasteiger partial charge in [0, 0.05) is 6.54 Å². The standard InChI is InChI=1S/C15H15NO4S/c17-15(16-12-11-13-7-3-1-4-8-13)20-21(18,19)14-9-5-2-6-10-14/h1-10H,11-12H2,(H,16,17). The Hall–Kier alpha value is -2.34. The highest BCUT2D eigenvalue weighted by molar-refractivity contribution is 7.87. The first-order valence-corrected chi connectivity index (χ1v) is 7.80. The number of hydrogen-bond donors (Lipinski definition) is 1. The number of benzene rings is 2. The van der Waals surface area contributed by atoms with Gasteiger partial charge in [-0.25, -0.2) is 4.79 Å². The second-order valence-corrected chi connectivity index (χ2v) is 5.85. The molecule has 2 rings (SSSR count). The largest absolute Gasteiger partial charge is 0.423 e. The lowest BCUT2D eigenvalue weighted by Gasteiger charge is -2.07. The molecule has 0 aliphatic carbocycles. The molecule has 2 aromatic carbocycles. The summed E-state index contributed by atoms with van der Waals surface area (Å²) in [5, 5.41) is 2.42. The van der Waals surface area contributed by atoms with Crippen LogP contribution in [0.15, 0.2) is 65.6 Å². The van der Waals surface area contributed by atoms with Crippen LogP contribution in [0.3, 0.4) is 0 Å². The molecular formula is C15H15NO4S. The number of hydrogen-bond acceptors (Lipinski definition) is 4. The minimum Gasteiger partial charge on any atom is -0.324 e. The molecule has 0 radical (unpaired) electrons. The second kappa shape index (κ2) is 6.90. The molecule has 0 bridgehead atoms. The van der Waals surface area contributed by atoms with Gasteiger partial charge in [-0.1, -0.05) is 48.5 Å². The van der Waals surface area contributed by atoms with Crippen molar-refractivity contribution in [1.29, 1.82) is 0 Å². The van der Waals surface area contributed by atoms with Crippen molar-refractivity contribution in [2.75, 3.05) is 6.54 Å². The van der Waals surface area contributed by atoms with E-state index in [1.54, 1.807) is 18.2 Å². The van der Waals surface area contributed by atoms with E-state index < -0.39 is 16.2 Å². The summed E-state index contributed by atoms with van der Waals surface area (Å²) in [5.74, 6) is 0. The number of amides is 1. The molecule has 0 saturated carbocycles. The molecule has 0 saturated heterocycles. The van der Waals surface area contributed by atoms with Crippen molar-refractivity contribution in [2.24, 2.45) is 0 Å². The van der Waals surface area contributed by atoms with E-state index in [2.05, 4.69) is 9.50 Å². The summed E-state index contributed by atoms with van der Waals surface area (Å²) in [7, 11) is -4.07.